The van der Waals surface area contributed by atoms with Gasteiger partial charge in [0.05, 0.1) is 0 Å². The van der Waals surface area contributed by atoms with Crippen molar-refractivity contribution in [2.75, 3.05) is 0 Å². The van der Waals surface area contributed by atoms with E-state index in [4.69, 9.17) is 0 Å². The Morgan fingerprint density at radius 2 is 1.67 bits per heavy atom. The van der Waals surface area contributed by atoms with E-state index in [1.807, 2.05) is 72.9 Å². The summed E-state index contributed by atoms with van der Waals surface area (Å²) in [6, 6.07) is 21.0. The highest BCUT2D eigenvalue weighted by atomic mass is 16.1. The molecule has 1 atom stereocenters. The van der Waals surface area contributed by atoms with E-state index in [9.17, 15) is 4.79 Å². The van der Waals surface area contributed by atoms with Crippen molar-refractivity contribution in [3.05, 3.63) is 108 Å². The third kappa shape index (κ3) is 3.55. The molecule has 1 unspecified atom stereocenters. The summed E-state index contributed by atoms with van der Waals surface area (Å²) in [6.45, 7) is 2.11. The van der Waals surface area contributed by atoms with Crippen LogP contribution in [0.3, 0.4) is 0 Å². The molecule has 0 fully saturated rings. The van der Waals surface area contributed by atoms with Crippen LogP contribution in [0.1, 0.15) is 40.0 Å². The van der Waals surface area contributed by atoms with Gasteiger partial charge in [-0.3, -0.25) is 9.78 Å². The highest BCUT2D eigenvalue weighted by Crippen LogP contribution is 2.26. The molecule has 1 N–H and O–H groups in total. The quantitative estimate of drug-likeness (QED) is 0.522. The number of aromatic amines is 1. The second-order valence-electron chi connectivity index (χ2n) is 6.47. The van der Waals surface area contributed by atoms with Gasteiger partial charge in [0.1, 0.15) is 5.82 Å². The van der Waals surface area contributed by atoms with Crippen LogP contribution in [0.25, 0.3) is 11.4 Å². The molecule has 4 rings (SSSR count). The monoisotopic (exact) mass is 353 g/mol. The van der Waals surface area contributed by atoms with Crippen LogP contribution in [0.5, 0.6) is 0 Å². The number of rotatable bonds is 5. The fraction of sp³-hybridized carbons (Fsp3) is 0.0870. The maximum atomic E-state index is 12.7. The molecule has 0 amide bonds. The lowest BCUT2D eigenvalue weighted by molar-refractivity contribution is 0.103. The Balaban J connectivity index is 1.61. The van der Waals surface area contributed by atoms with E-state index < -0.39 is 0 Å². The number of carbonyl (C=O) groups is 1. The van der Waals surface area contributed by atoms with Crippen molar-refractivity contribution in [1.29, 1.82) is 0 Å². The Bertz CT molecular complexity index is 1060. The molecule has 2 aromatic carbocycles. The molecule has 0 bridgehead atoms. The molecule has 4 nitrogen and oxygen atoms in total. The van der Waals surface area contributed by atoms with Gasteiger partial charge >= 0.3 is 0 Å². The summed E-state index contributed by atoms with van der Waals surface area (Å²) < 4.78 is 0. The van der Waals surface area contributed by atoms with Gasteiger partial charge in [-0.1, -0.05) is 55.5 Å². The summed E-state index contributed by atoms with van der Waals surface area (Å²) in [5.74, 6) is 0.944. The van der Waals surface area contributed by atoms with Gasteiger partial charge in [-0.05, 0) is 23.8 Å². The zero-order valence-electron chi connectivity index (χ0n) is 15.0. The third-order valence-corrected chi connectivity index (χ3v) is 4.70. The lowest BCUT2D eigenvalue weighted by atomic mass is 9.94. The Morgan fingerprint density at radius 3 is 2.44 bits per heavy atom. The van der Waals surface area contributed by atoms with Crippen molar-refractivity contribution < 1.29 is 4.79 Å². The number of nitrogens with zero attached hydrogens (tertiary/aromatic N) is 2. The molecule has 0 saturated heterocycles. The predicted molar refractivity (Wildman–Crippen MR) is 106 cm³/mol. The Morgan fingerprint density at radius 1 is 0.926 bits per heavy atom. The van der Waals surface area contributed by atoms with Crippen LogP contribution in [0.2, 0.25) is 0 Å². The number of hydrogen-bond acceptors (Lipinski definition) is 3. The summed E-state index contributed by atoms with van der Waals surface area (Å²) in [6.07, 6.45) is 5.35. The van der Waals surface area contributed by atoms with E-state index in [-0.39, 0.29) is 11.7 Å². The van der Waals surface area contributed by atoms with E-state index in [2.05, 4.69) is 21.9 Å². The summed E-state index contributed by atoms with van der Waals surface area (Å²) in [5.41, 5.74) is 4.47. The number of hydrogen-bond donors (Lipinski definition) is 1. The van der Waals surface area contributed by atoms with Gasteiger partial charge in [0, 0.05) is 46.9 Å². The fourth-order valence-electron chi connectivity index (χ4n) is 3.10. The van der Waals surface area contributed by atoms with E-state index in [0.717, 1.165) is 22.6 Å². The maximum Gasteiger partial charge on any atom is 0.193 e. The standard InChI is InChI=1S/C23H19N3O/c1-16(21-15-25-23(26-21)18-10-12-24-13-11-18)19-8-5-9-20(14-19)22(27)17-6-3-2-4-7-17/h2-16H,1H3,(H,25,26). The van der Waals surface area contributed by atoms with Crippen molar-refractivity contribution in [2.45, 2.75) is 12.8 Å². The molecule has 132 valence electrons. The minimum absolute atomic E-state index is 0.0340. The maximum absolute atomic E-state index is 12.7. The molecule has 27 heavy (non-hydrogen) atoms. The average molecular weight is 353 g/mol. The number of aromatic nitrogens is 3. The molecule has 2 aromatic heterocycles. The first-order chi connectivity index (χ1) is 13.2. The van der Waals surface area contributed by atoms with Crippen LogP contribution in [0, 0.1) is 0 Å². The molecule has 0 aliphatic heterocycles. The van der Waals surface area contributed by atoms with E-state index >= 15 is 0 Å². The van der Waals surface area contributed by atoms with E-state index in [1.54, 1.807) is 12.4 Å². The van der Waals surface area contributed by atoms with Crippen LogP contribution in [-0.4, -0.2) is 20.7 Å². The summed E-state index contributed by atoms with van der Waals surface area (Å²) in [4.78, 5) is 24.6. The summed E-state index contributed by atoms with van der Waals surface area (Å²) >= 11 is 0. The van der Waals surface area contributed by atoms with Crippen LogP contribution < -0.4 is 0 Å². The third-order valence-electron chi connectivity index (χ3n) is 4.70. The van der Waals surface area contributed by atoms with Gasteiger partial charge in [-0.15, -0.1) is 0 Å². The number of nitrogens with one attached hydrogen (secondary N) is 1. The summed E-state index contributed by atoms with van der Waals surface area (Å²) in [7, 11) is 0. The normalized spacial score (nSPS) is 11.9. The first-order valence-electron chi connectivity index (χ1n) is 8.87. The zero-order valence-corrected chi connectivity index (χ0v) is 15.0. The van der Waals surface area contributed by atoms with Crippen molar-refractivity contribution in [2.24, 2.45) is 0 Å². The SMILES string of the molecule is CC(c1cccc(C(=O)c2ccccc2)c1)c1cnc(-c2ccncc2)[nH]1. The smallest absolute Gasteiger partial charge is 0.193 e. The molecule has 0 radical (unpaired) electrons. The van der Waals surface area contributed by atoms with Gasteiger partial charge in [0.25, 0.3) is 0 Å². The van der Waals surface area contributed by atoms with Crippen LogP contribution >= 0.6 is 0 Å². The van der Waals surface area contributed by atoms with Gasteiger partial charge in [-0.2, -0.15) is 0 Å². The molecule has 2 heterocycles. The van der Waals surface area contributed by atoms with Crippen molar-refractivity contribution in [1.82, 2.24) is 15.0 Å². The molecular formula is C23H19N3O. The molecule has 0 aliphatic rings. The zero-order chi connectivity index (χ0) is 18.6. The molecule has 0 aliphatic carbocycles. The Kier molecular flexibility index (Phi) is 4.62. The highest BCUT2D eigenvalue weighted by molar-refractivity contribution is 6.09. The highest BCUT2D eigenvalue weighted by Gasteiger charge is 2.15. The Hall–Kier alpha value is -3.53. The minimum atomic E-state index is 0.0340. The largest absolute Gasteiger partial charge is 0.341 e. The fourth-order valence-corrected chi connectivity index (χ4v) is 3.10. The van der Waals surface area contributed by atoms with Crippen LogP contribution in [0.4, 0.5) is 0 Å². The molecule has 4 aromatic rings. The lowest BCUT2D eigenvalue weighted by Crippen LogP contribution is -2.03. The minimum Gasteiger partial charge on any atom is -0.341 e. The van der Waals surface area contributed by atoms with E-state index in [0.29, 0.717) is 11.1 Å². The number of H-pyrrole nitrogens is 1. The number of benzene rings is 2. The lowest BCUT2D eigenvalue weighted by Gasteiger charge is -2.11. The topological polar surface area (TPSA) is 58.6 Å². The van der Waals surface area contributed by atoms with Crippen molar-refractivity contribution >= 4 is 5.78 Å². The predicted octanol–water partition coefficient (Wildman–Crippen LogP) is 4.85. The van der Waals surface area contributed by atoms with Gasteiger partial charge in [-0.25, -0.2) is 4.98 Å². The van der Waals surface area contributed by atoms with Crippen molar-refractivity contribution in [3.8, 4) is 11.4 Å². The van der Waals surface area contributed by atoms with Gasteiger partial charge in [0.15, 0.2) is 5.78 Å². The van der Waals surface area contributed by atoms with Crippen LogP contribution in [0.15, 0.2) is 85.3 Å². The van der Waals surface area contributed by atoms with Gasteiger partial charge < -0.3 is 4.98 Å². The molecule has 0 saturated carbocycles. The Labute approximate surface area is 158 Å². The second-order valence-corrected chi connectivity index (χ2v) is 6.47. The number of carbonyl (C=O) groups excluding carboxylic acids is 1. The second kappa shape index (κ2) is 7.38. The molecular weight excluding hydrogens is 334 g/mol. The number of imidazole rings is 1. The first-order valence-corrected chi connectivity index (χ1v) is 8.87. The molecule has 0 spiro atoms. The number of ketones is 1. The van der Waals surface area contributed by atoms with Crippen LogP contribution in [-0.2, 0) is 0 Å². The van der Waals surface area contributed by atoms with E-state index in [1.165, 1.54) is 0 Å². The summed E-state index contributed by atoms with van der Waals surface area (Å²) in [5, 5.41) is 0. The van der Waals surface area contributed by atoms with Crippen molar-refractivity contribution in [3.63, 3.8) is 0 Å². The average Bonchev–Trinajstić information content (AvgIpc) is 3.24. The number of pyridine rings is 1. The molecule has 4 heteroatoms. The van der Waals surface area contributed by atoms with Gasteiger partial charge in [0.2, 0.25) is 0 Å². The first kappa shape index (κ1) is 16.9.